The fourth-order valence-corrected chi connectivity index (χ4v) is 2.90. The van der Waals surface area contributed by atoms with Crippen LogP contribution in [0.25, 0.3) is 0 Å². The van der Waals surface area contributed by atoms with E-state index in [1.165, 1.54) is 18.5 Å². The van der Waals surface area contributed by atoms with Crippen LogP contribution in [0.2, 0.25) is 0 Å². The maximum Gasteiger partial charge on any atom is 0.271 e. The number of rotatable bonds is 3. The minimum absolute atomic E-state index is 0. The van der Waals surface area contributed by atoms with Crippen LogP contribution in [0, 0.1) is 18.6 Å². The maximum absolute atomic E-state index is 13.5. The lowest BCUT2D eigenvalue weighted by Gasteiger charge is -2.33. The lowest BCUT2D eigenvalue weighted by molar-refractivity contribution is 0.0919. The summed E-state index contributed by atoms with van der Waals surface area (Å²) in [4.78, 5) is 20.5. The fourth-order valence-electron chi connectivity index (χ4n) is 2.90. The molecule has 2 unspecified atom stereocenters. The van der Waals surface area contributed by atoms with Gasteiger partial charge in [0.25, 0.3) is 5.91 Å². The zero-order chi connectivity index (χ0) is 17.1. The Morgan fingerprint density at radius 2 is 1.96 bits per heavy atom. The second-order valence-corrected chi connectivity index (χ2v) is 5.90. The van der Waals surface area contributed by atoms with Gasteiger partial charge in [0.05, 0.1) is 11.9 Å². The van der Waals surface area contributed by atoms with E-state index in [0.29, 0.717) is 12.1 Å². The van der Waals surface area contributed by atoms with Crippen LogP contribution in [0.4, 0.5) is 8.78 Å². The Hall–Kier alpha value is -1.83. The molecule has 1 aromatic carbocycles. The summed E-state index contributed by atoms with van der Waals surface area (Å²) in [6, 6.07) is 3.66. The van der Waals surface area contributed by atoms with E-state index in [2.05, 4.69) is 20.6 Å². The molecule has 2 N–H and O–H groups in total. The molecule has 142 valence electrons. The zero-order valence-electron chi connectivity index (χ0n) is 14.0. The van der Waals surface area contributed by atoms with Crippen LogP contribution in [0.3, 0.4) is 0 Å². The Labute approximate surface area is 162 Å². The summed E-state index contributed by atoms with van der Waals surface area (Å²) in [6.45, 7) is 3.09. The number of carbonyl (C=O) groups is 1. The number of nitrogens with one attached hydrogen (secondary N) is 2. The lowest BCUT2D eigenvalue weighted by atomic mass is 9.86. The normalized spacial score (nSPS) is 19.0. The molecule has 0 saturated carbocycles. The first-order valence-electron chi connectivity index (χ1n) is 7.80. The molecular formula is C17H20Cl2F2N4O. The molecule has 2 heterocycles. The zero-order valence-corrected chi connectivity index (χ0v) is 15.7. The van der Waals surface area contributed by atoms with Crippen LogP contribution < -0.4 is 10.6 Å². The number of piperidine rings is 1. The number of carbonyl (C=O) groups excluding carboxylic acids is 1. The molecule has 0 bridgehead atoms. The van der Waals surface area contributed by atoms with Crippen LogP contribution in [-0.2, 0) is 0 Å². The van der Waals surface area contributed by atoms with Crippen molar-refractivity contribution in [3.05, 3.63) is 59.2 Å². The lowest BCUT2D eigenvalue weighted by Crippen LogP contribution is -2.50. The molecule has 5 nitrogen and oxygen atoms in total. The average molecular weight is 405 g/mol. The first-order chi connectivity index (χ1) is 11.5. The first kappa shape index (κ1) is 22.2. The van der Waals surface area contributed by atoms with Gasteiger partial charge >= 0.3 is 0 Å². The second kappa shape index (κ2) is 9.75. The maximum atomic E-state index is 13.5. The molecule has 3 rings (SSSR count). The molecule has 1 aliphatic heterocycles. The highest BCUT2D eigenvalue weighted by Gasteiger charge is 2.29. The molecule has 9 heteroatoms. The number of hydrogen-bond donors (Lipinski definition) is 2. The van der Waals surface area contributed by atoms with Gasteiger partial charge in [-0.1, -0.05) is 6.07 Å². The van der Waals surface area contributed by atoms with Crippen molar-refractivity contribution in [1.29, 1.82) is 0 Å². The van der Waals surface area contributed by atoms with Gasteiger partial charge in [0.15, 0.2) is 11.6 Å². The molecule has 2 aromatic rings. The highest BCUT2D eigenvalue weighted by atomic mass is 35.5. The van der Waals surface area contributed by atoms with Crippen LogP contribution >= 0.6 is 24.8 Å². The van der Waals surface area contributed by atoms with Crippen molar-refractivity contribution in [1.82, 2.24) is 20.6 Å². The number of halogens is 4. The van der Waals surface area contributed by atoms with Gasteiger partial charge in [-0.15, -0.1) is 24.8 Å². The molecule has 1 aliphatic rings. The Morgan fingerprint density at radius 3 is 2.62 bits per heavy atom. The quantitative estimate of drug-likeness (QED) is 0.825. The molecule has 0 spiro atoms. The van der Waals surface area contributed by atoms with Gasteiger partial charge in [0.1, 0.15) is 5.69 Å². The first-order valence-corrected chi connectivity index (χ1v) is 7.80. The van der Waals surface area contributed by atoms with Crippen molar-refractivity contribution in [2.45, 2.75) is 25.3 Å². The van der Waals surface area contributed by atoms with E-state index < -0.39 is 11.6 Å². The number of aryl methyl sites for hydroxylation is 1. The van der Waals surface area contributed by atoms with Gasteiger partial charge in [0.2, 0.25) is 0 Å². The Kier molecular flexibility index (Phi) is 8.33. The van der Waals surface area contributed by atoms with E-state index in [4.69, 9.17) is 0 Å². The summed E-state index contributed by atoms with van der Waals surface area (Å²) in [7, 11) is 0. The van der Waals surface area contributed by atoms with Gasteiger partial charge in [-0.3, -0.25) is 9.78 Å². The van der Waals surface area contributed by atoms with E-state index in [9.17, 15) is 13.6 Å². The van der Waals surface area contributed by atoms with Gasteiger partial charge in [0, 0.05) is 24.7 Å². The summed E-state index contributed by atoms with van der Waals surface area (Å²) in [5.41, 5.74) is 1.64. The molecule has 0 radical (unpaired) electrons. The van der Waals surface area contributed by atoms with Crippen molar-refractivity contribution in [2.75, 3.05) is 13.1 Å². The summed E-state index contributed by atoms with van der Waals surface area (Å²) >= 11 is 0. The second-order valence-electron chi connectivity index (χ2n) is 5.90. The third-order valence-electron chi connectivity index (χ3n) is 4.18. The SMILES string of the molecule is Cc1cnc(C(=O)NC2CNCCC2c2ccc(F)c(F)c2)cn1.Cl.Cl. The van der Waals surface area contributed by atoms with Gasteiger partial charge in [-0.2, -0.15) is 0 Å². The molecule has 26 heavy (non-hydrogen) atoms. The van der Waals surface area contributed by atoms with Gasteiger partial charge < -0.3 is 10.6 Å². The number of aromatic nitrogens is 2. The smallest absolute Gasteiger partial charge is 0.271 e. The predicted molar refractivity (Wildman–Crippen MR) is 99.1 cm³/mol. The third kappa shape index (κ3) is 5.09. The van der Waals surface area contributed by atoms with Crippen molar-refractivity contribution < 1.29 is 13.6 Å². The highest BCUT2D eigenvalue weighted by Crippen LogP contribution is 2.27. The van der Waals surface area contributed by atoms with Crippen LogP contribution in [0.5, 0.6) is 0 Å². The standard InChI is InChI=1S/C17H18F2N4O.2ClH/c1-10-7-22-16(9-21-10)17(24)23-15-8-20-5-4-12(15)11-2-3-13(18)14(19)6-11;;/h2-3,6-7,9,12,15,20H,4-5,8H2,1H3,(H,23,24);2*1H. The summed E-state index contributed by atoms with van der Waals surface area (Å²) in [6.07, 6.45) is 3.67. The van der Waals surface area contributed by atoms with Crippen molar-refractivity contribution >= 4 is 30.7 Å². The summed E-state index contributed by atoms with van der Waals surface area (Å²) in [5.74, 6) is -2.17. The minimum atomic E-state index is -0.875. The Morgan fingerprint density at radius 1 is 1.19 bits per heavy atom. The number of benzene rings is 1. The van der Waals surface area contributed by atoms with Gasteiger partial charge in [-0.25, -0.2) is 13.8 Å². The summed E-state index contributed by atoms with van der Waals surface area (Å²) in [5, 5.41) is 6.13. The third-order valence-corrected chi connectivity index (χ3v) is 4.18. The molecule has 1 saturated heterocycles. The minimum Gasteiger partial charge on any atom is -0.346 e. The van der Waals surface area contributed by atoms with Crippen LogP contribution in [0.15, 0.2) is 30.6 Å². The summed E-state index contributed by atoms with van der Waals surface area (Å²) < 4.78 is 26.7. The highest BCUT2D eigenvalue weighted by molar-refractivity contribution is 5.92. The predicted octanol–water partition coefficient (Wildman–Crippen LogP) is 2.78. The Bertz CT molecular complexity index is 746. The topological polar surface area (TPSA) is 66.9 Å². The van der Waals surface area contributed by atoms with Crippen LogP contribution in [0.1, 0.15) is 34.1 Å². The van der Waals surface area contributed by atoms with E-state index in [1.54, 1.807) is 13.0 Å². The average Bonchev–Trinajstić information content (AvgIpc) is 2.58. The molecular weight excluding hydrogens is 385 g/mol. The molecule has 1 amide bonds. The molecule has 1 aromatic heterocycles. The van der Waals surface area contributed by atoms with Crippen LogP contribution in [-0.4, -0.2) is 35.0 Å². The van der Waals surface area contributed by atoms with Crippen molar-refractivity contribution in [3.63, 3.8) is 0 Å². The molecule has 2 atom stereocenters. The number of amides is 1. The van der Waals surface area contributed by atoms with E-state index in [0.717, 1.165) is 24.7 Å². The van der Waals surface area contributed by atoms with Gasteiger partial charge in [-0.05, 0) is 37.6 Å². The van der Waals surface area contributed by atoms with Crippen molar-refractivity contribution in [3.8, 4) is 0 Å². The molecule has 0 aliphatic carbocycles. The van der Waals surface area contributed by atoms with Crippen molar-refractivity contribution in [2.24, 2.45) is 0 Å². The molecule has 1 fully saturated rings. The van der Waals surface area contributed by atoms with E-state index >= 15 is 0 Å². The van der Waals surface area contributed by atoms with E-state index in [-0.39, 0.29) is 48.4 Å². The Balaban J connectivity index is 0.00000169. The monoisotopic (exact) mass is 404 g/mol. The van der Waals surface area contributed by atoms with E-state index in [1.807, 2.05) is 0 Å². The fraction of sp³-hybridized carbons (Fsp3) is 0.353. The number of hydrogen-bond acceptors (Lipinski definition) is 4. The largest absolute Gasteiger partial charge is 0.346 e. The number of nitrogens with zero attached hydrogens (tertiary/aromatic N) is 2.